The standard InChI is InChI=1S/C35H26F7NO/c1-2-3-4-5-21-6-15-33(43-20-21)25-18-31(39)34(32(40)19-25)35(41,42)44-26-11-7-22(8-12-26)23-9-13-27(29(37)16-23)24-10-14-28(36)30(38)17-24/h6-20H,2-5H2,1H3. The first-order chi connectivity index (χ1) is 21.1. The molecule has 1 heterocycles. The lowest BCUT2D eigenvalue weighted by Crippen LogP contribution is -2.25. The van der Waals surface area contributed by atoms with E-state index in [9.17, 15) is 22.0 Å². The summed E-state index contributed by atoms with van der Waals surface area (Å²) in [7, 11) is 0. The summed E-state index contributed by atoms with van der Waals surface area (Å²) >= 11 is 0. The summed E-state index contributed by atoms with van der Waals surface area (Å²) in [5.41, 5.74) is 0.626. The highest BCUT2D eigenvalue weighted by Gasteiger charge is 2.41. The molecule has 5 aromatic rings. The van der Waals surface area contributed by atoms with E-state index in [1.54, 1.807) is 18.3 Å². The Hall–Kier alpha value is -4.66. The van der Waals surface area contributed by atoms with Crippen molar-refractivity contribution in [1.82, 2.24) is 4.98 Å². The molecule has 4 aromatic carbocycles. The largest absolute Gasteiger partial charge is 0.432 e. The number of unbranched alkanes of at least 4 members (excludes halogenated alkanes) is 2. The molecular weight excluding hydrogens is 583 g/mol. The maximum Gasteiger partial charge on any atom is 0.432 e. The van der Waals surface area contributed by atoms with E-state index in [4.69, 9.17) is 4.74 Å². The fourth-order valence-electron chi connectivity index (χ4n) is 4.83. The van der Waals surface area contributed by atoms with E-state index in [1.807, 2.05) is 0 Å². The molecule has 44 heavy (non-hydrogen) atoms. The summed E-state index contributed by atoms with van der Waals surface area (Å²) in [6.45, 7) is 2.09. The average molecular weight is 610 g/mol. The number of pyridine rings is 1. The summed E-state index contributed by atoms with van der Waals surface area (Å²) in [4.78, 5) is 4.23. The highest BCUT2D eigenvalue weighted by Crippen LogP contribution is 2.38. The van der Waals surface area contributed by atoms with E-state index in [0.717, 1.165) is 73.7 Å². The van der Waals surface area contributed by atoms with E-state index >= 15 is 8.78 Å². The van der Waals surface area contributed by atoms with Gasteiger partial charge in [-0.25, -0.2) is 22.0 Å². The molecule has 0 amide bonds. The molecule has 0 saturated heterocycles. The number of hydrogen-bond donors (Lipinski definition) is 0. The van der Waals surface area contributed by atoms with Crippen molar-refractivity contribution in [3.05, 3.63) is 131 Å². The number of nitrogens with zero attached hydrogens (tertiary/aromatic N) is 1. The smallest absolute Gasteiger partial charge is 0.429 e. The maximum absolute atomic E-state index is 15.0. The molecule has 0 aliphatic carbocycles. The lowest BCUT2D eigenvalue weighted by molar-refractivity contribution is -0.189. The van der Waals surface area contributed by atoms with Gasteiger partial charge in [0.15, 0.2) is 11.6 Å². The van der Waals surface area contributed by atoms with Crippen molar-refractivity contribution in [2.45, 2.75) is 38.7 Å². The number of rotatable bonds is 10. The lowest BCUT2D eigenvalue weighted by Gasteiger charge is -2.20. The van der Waals surface area contributed by atoms with Crippen LogP contribution in [0.15, 0.2) is 91.1 Å². The van der Waals surface area contributed by atoms with Crippen LogP contribution in [-0.2, 0) is 12.5 Å². The van der Waals surface area contributed by atoms with Crippen molar-refractivity contribution in [2.75, 3.05) is 0 Å². The van der Waals surface area contributed by atoms with Gasteiger partial charge in [0.25, 0.3) is 0 Å². The molecule has 5 rings (SSSR count). The van der Waals surface area contributed by atoms with Crippen molar-refractivity contribution in [3.8, 4) is 39.3 Å². The van der Waals surface area contributed by atoms with Crippen molar-refractivity contribution in [2.24, 2.45) is 0 Å². The molecule has 0 unspecified atom stereocenters. The first-order valence-corrected chi connectivity index (χ1v) is 13.9. The van der Waals surface area contributed by atoms with Gasteiger partial charge in [-0.3, -0.25) is 4.98 Å². The fourth-order valence-corrected chi connectivity index (χ4v) is 4.83. The molecule has 0 saturated carbocycles. The first kappa shape index (κ1) is 30.8. The van der Waals surface area contributed by atoms with Crippen LogP contribution in [0.2, 0.25) is 0 Å². The lowest BCUT2D eigenvalue weighted by atomic mass is 9.99. The molecule has 0 aliphatic rings. The van der Waals surface area contributed by atoms with Gasteiger partial charge < -0.3 is 4.74 Å². The second kappa shape index (κ2) is 12.9. The molecule has 0 bridgehead atoms. The molecule has 0 atom stereocenters. The Morgan fingerprint density at radius 2 is 1.25 bits per heavy atom. The highest BCUT2D eigenvalue weighted by molar-refractivity contribution is 5.71. The molecule has 0 aliphatic heterocycles. The number of halogens is 7. The van der Waals surface area contributed by atoms with Gasteiger partial charge in [-0.05, 0) is 83.6 Å². The average Bonchev–Trinajstić information content (AvgIpc) is 2.99. The zero-order valence-corrected chi connectivity index (χ0v) is 23.5. The molecule has 0 radical (unpaired) electrons. The third kappa shape index (κ3) is 6.77. The number of hydrogen-bond acceptors (Lipinski definition) is 2. The van der Waals surface area contributed by atoms with Gasteiger partial charge in [0.2, 0.25) is 0 Å². The van der Waals surface area contributed by atoms with Crippen LogP contribution < -0.4 is 4.74 Å². The number of aromatic nitrogens is 1. The Bertz CT molecular complexity index is 1750. The summed E-state index contributed by atoms with van der Waals surface area (Å²) < 4.78 is 106. The van der Waals surface area contributed by atoms with Gasteiger partial charge in [-0.1, -0.05) is 56.2 Å². The zero-order valence-electron chi connectivity index (χ0n) is 23.5. The topological polar surface area (TPSA) is 22.1 Å². The van der Waals surface area contributed by atoms with E-state index in [1.165, 1.54) is 30.3 Å². The van der Waals surface area contributed by atoms with Crippen molar-refractivity contribution >= 4 is 0 Å². The second-order valence-corrected chi connectivity index (χ2v) is 10.3. The van der Waals surface area contributed by atoms with Crippen molar-refractivity contribution in [3.63, 3.8) is 0 Å². The molecule has 2 nitrogen and oxygen atoms in total. The maximum atomic E-state index is 15.0. The zero-order chi connectivity index (χ0) is 31.4. The molecule has 0 fully saturated rings. The molecule has 226 valence electrons. The monoisotopic (exact) mass is 609 g/mol. The van der Waals surface area contributed by atoms with Gasteiger partial charge in [-0.2, -0.15) is 8.78 Å². The Morgan fingerprint density at radius 3 is 1.86 bits per heavy atom. The molecule has 0 N–H and O–H groups in total. The fraction of sp³-hybridized carbons (Fsp3) is 0.171. The third-order valence-electron chi connectivity index (χ3n) is 7.16. The van der Waals surface area contributed by atoms with Crippen molar-refractivity contribution in [1.29, 1.82) is 0 Å². The number of benzene rings is 4. The minimum Gasteiger partial charge on any atom is -0.429 e. The Morgan fingerprint density at radius 1 is 0.614 bits per heavy atom. The quantitative estimate of drug-likeness (QED) is 0.116. The van der Waals surface area contributed by atoms with Crippen LogP contribution in [0.1, 0.15) is 37.3 Å². The number of ether oxygens (including phenoxy) is 1. The van der Waals surface area contributed by atoms with E-state index < -0.39 is 40.8 Å². The summed E-state index contributed by atoms with van der Waals surface area (Å²) in [5, 5.41) is 0. The highest BCUT2D eigenvalue weighted by atomic mass is 19.3. The van der Waals surface area contributed by atoms with Crippen LogP contribution in [0.5, 0.6) is 5.75 Å². The van der Waals surface area contributed by atoms with Crippen LogP contribution >= 0.6 is 0 Å². The van der Waals surface area contributed by atoms with Crippen LogP contribution in [0.25, 0.3) is 33.5 Å². The minimum atomic E-state index is -4.36. The van der Waals surface area contributed by atoms with Gasteiger partial charge in [0.05, 0.1) is 5.69 Å². The SMILES string of the molecule is CCCCCc1ccc(-c2cc(F)c(C(F)(F)Oc3ccc(-c4ccc(-c5ccc(F)c(F)c5)c(F)c4)cc3)c(F)c2)nc1. The van der Waals surface area contributed by atoms with Gasteiger partial charge in [-0.15, -0.1) is 0 Å². The molecule has 1 aromatic heterocycles. The Balaban J connectivity index is 1.31. The predicted octanol–water partition coefficient (Wildman–Crippen LogP) is 10.6. The Kier molecular flexibility index (Phi) is 9.04. The number of aryl methyl sites for hydroxylation is 1. The van der Waals surface area contributed by atoms with E-state index in [0.29, 0.717) is 11.1 Å². The van der Waals surface area contributed by atoms with E-state index in [-0.39, 0.29) is 28.1 Å². The normalized spacial score (nSPS) is 11.5. The Labute approximate surface area is 249 Å². The first-order valence-electron chi connectivity index (χ1n) is 13.9. The van der Waals surface area contributed by atoms with E-state index in [2.05, 4.69) is 11.9 Å². The minimum absolute atomic E-state index is 0.00632. The third-order valence-corrected chi connectivity index (χ3v) is 7.16. The second-order valence-electron chi connectivity index (χ2n) is 10.3. The van der Waals surface area contributed by atoms with Gasteiger partial charge >= 0.3 is 6.11 Å². The van der Waals surface area contributed by atoms with Crippen LogP contribution in [-0.4, -0.2) is 4.98 Å². The molecule has 9 heteroatoms. The number of alkyl halides is 2. The van der Waals surface area contributed by atoms with Crippen LogP contribution in [0.3, 0.4) is 0 Å². The predicted molar refractivity (Wildman–Crippen MR) is 155 cm³/mol. The van der Waals surface area contributed by atoms with Crippen LogP contribution in [0.4, 0.5) is 30.7 Å². The summed E-state index contributed by atoms with van der Waals surface area (Å²) in [6.07, 6.45) is 1.18. The summed E-state index contributed by atoms with van der Waals surface area (Å²) in [6, 6.07) is 17.1. The van der Waals surface area contributed by atoms with Gasteiger partial charge in [0.1, 0.15) is 28.8 Å². The summed E-state index contributed by atoms with van der Waals surface area (Å²) in [5.74, 6) is -6.27. The molecular formula is C35H26F7NO. The van der Waals surface area contributed by atoms with Crippen LogP contribution in [0, 0.1) is 29.1 Å². The van der Waals surface area contributed by atoms with Crippen molar-refractivity contribution < 1.29 is 35.5 Å². The van der Waals surface area contributed by atoms with Gasteiger partial charge in [0, 0.05) is 17.3 Å². The molecule has 0 spiro atoms.